The highest BCUT2D eigenvalue weighted by molar-refractivity contribution is 5.36. The van der Waals surface area contributed by atoms with Crippen molar-refractivity contribution in [3.05, 3.63) is 18.1 Å². The summed E-state index contributed by atoms with van der Waals surface area (Å²) in [7, 11) is 0. The highest BCUT2D eigenvalue weighted by Crippen LogP contribution is 2.48. The summed E-state index contributed by atoms with van der Waals surface area (Å²) in [6.07, 6.45) is 10.8. The lowest BCUT2D eigenvalue weighted by molar-refractivity contribution is 0.218. The molecule has 0 radical (unpaired) electrons. The van der Waals surface area contributed by atoms with Crippen LogP contribution in [0.3, 0.4) is 0 Å². The van der Waals surface area contributed by atoms with Crippen LogP contribution in [0.1, 0.15) is 44.7 Å². The Morgan fingerprint density at radius 3 is 2.50 bits per heavy atom. The molecule has 98 valence electrons. The third kappa shape index (κ3) is 2.23. The number of hydrogen-bond donors (Lipinski definition) is 0. The van der Waals surface area contributed by atoms with Gasteiger partial charge >= 0.3 is 0 Å². The highest BCUT2D eigenvalue weighted by atomic mass is 15.2. The van der Waals surface area contributed by atoms with Gasteiger partial charge in [-0.1, -0.05) is 13.3 Å². The fraction of sp³-hybridized carbons (Fsp3) is 0.733. The van der Waals surface area contributed by atoms with Crippen LogP contribution in [0.25, 0.3) is 0 Å². The molecule has 3 nitrogen and oxygen atoms in total. The Kier molecular flexibility index (Phi) is 3.00. The zero-order chi connectivity index (χ0) is 12.6. The van der Waals surface area contributed by atoms with Crippen LogP contribution in [0.5, 0.6) is 0 Å². The summed E-state index contributed by atoms with van der Waals surface area (Å²) in [4.78, 5) is 11.3. The van der Waals surface area contributed by atoms with Gasteiger partial charge in [-0.2, -0.15) is 0 Å². The molecular formula is C15H23N3. The molecule has 18 heavy (non-hydrogen) atoms. The van der Waals surface area contributed by atoms with Gasteiger partial charge in [-0.25, -0.2) is 4.98 Å². The average molecular weight is 245 g/mol. The van der Waals surface area contributed by atoms with Crippen molar-refractivity contribution in [2.75, 3.05) is 18.0 Å². The van der Waals surface area contributed by atoms with E-state index in [1.165, 1.54) is 32.1 Å². The Hall–Kier alpha value is -1.12. The zero-order valence-corrected chi connectivity index (χ0v) is 11.5. The van der Waals surface area contributed by atoms with Crippen molar-refractivity contribution in [2.45, 2.75) is 46.0 Å². The fourth-order valence-electron chi connectivity index (χ4n) is 3.71. The second-order valence-corrected chi connectivity index (χ2v) is 6.35. The molecule has 1 aliphatic carbocycles. The van der Waals surface area contributed by atoms with E-state index in [2.05, 4.69) is 21.8 Å². The number of aryl methyl sites for hydroxylation is 1. The van der Waals surface area contributed by atoms with Gasteiger partial charge in [-0.05, 0) is 43.9 Å². The second-order valence-electron chi connectivity index (χ2n) is 6.35. The molecule has 3 heteroatoms. The van der Waals surface area contributed by atoms with Gasteiger partial charge in [0.05, 0.1) is 18.1 Å². The molecule has 2 fully saturated rings. The number of nitrogens with zero attached hydrogens (tertiary/aromatic N) is 3. The lowest BCUT2D eigenvalue weighted by Crippen LogP contribution is -2.39. The van der Waals surface area contributed by atoms with Crippen molar-refractivity contribution in [2.24, 2.45) is 11.3 Å². The molecule has 2 heterocycles. The van der Waals surface area contributed by atoms with Crippen LogP contribution in [0, 0.1) is 18.3 Å². The van der Waals surface area contributed by atoms with E-state index in [-0.39, 0.29) is 0 Å². The van der Waals surface area contributed by atoms with E-state index >= 15 is 0 Å². The van der Waals surface area contributed by atoms with Crippen LogP contribution < -0.4 is 4.90 Å². The van der Waals surface area contributed by atoms with E-state index in [4.69, 9.17) is 0 Å². The predicted octanol–water partition coefficient (Wildman–Crippen LogP) is 3.19. The smallest absolute Gasteiger partial charge is 0.147 e. The lowest BCUT2D eigenvalue weighted by atomic mass is 9.76. The third-order valence-corrected chi connectivity index (χ3v) is 4.86. The van der Waals surface area contributed by atoms with Crippen molar-refractivity contribution in [3.63, 3.8) is 0 Å². The maximum atomic E-state index is 4.50. The number of hydrogen-bond acceptors (Lipinski definition) is 3. The quantitative estimate of drug-likeness (QED) is 0.761. The summed E-state index contributed by atoms with van der Waals surface area (Å²) >= 11 is 0. The van der Waals surface area contributed by atoms with Gasteiger partial charge in [0.2, 0.25) is 0 Å². The van der Waals surface area contributed by atoms with Crippen molar-refractivity contribution in [1.82, 2.24) is 9.97 Å². The largest absolute Gasteiger partial charge is 0.355 e. The number of rotatable bonds is 1. The second kappa shape index (κ2) is 4.52. The Morgan fingerprint density at radius 2 is 1.94 bits per heavy atom. The summed E-state index contributed by atoms with van der Waals surface area (Å²) in [6, 6.07) is 0. The van der Waals surface area contributed by atoms with Gasteiger partial charge in [0.15, 0.2) is 0 Å². The molecule has 1 spiro atoms. The minimum absolute atomic E-state index is 0.661. The van der Waals surface area contributed by atoms with Gasteiger partial charge in [-0.3, -0.25) is 4.98 Å². The molecule has 1 saturated heterocycles. The molecule has 2 aliphatic rings. The molecular weight excluding hydrogens is 222 g/mol. The van der Waals surface area contributed by atoms with Crippen molar-refractivity contribution in [1.29, 1.82) is 0 Å². The van der Waals surface area contributed by atoms with Crippen LogP contribution in [-0.2, 0) is 0 Å². The van der Waals surface area contributed by atoms with Gasteiger partial charge in [-0.15, -0.1) is 0 Å². The number of aromatic nitrogens is 2. The van der Waals surface area contributed by atoms with Gasteiger partial charge < -0.3 is 4.90 Å². The molecule has 0 unspecified atom stereocenters. The normalized spacial score (nSPS) is 26.8. The van der Waals surface area contributed by atoms with E-state index in [1.807, 2.05) is 19.3 Å². The Balaban J connectivity index is 1.65. The third-order valence-electron chi connectivity index (χ3n) is 4.86. The van der Waals surface area contributed by atoms with E-state index in [0.29, 0.717) is 5.41 Å². The first-order chi connectivity index (χ1) is 8.67. The summed E-state index contributed by atoms with van der Waals surface area (Å²) in [5.74, 6) is 2.00. The lowest BCUT2D eigenvalue weighted by Gasteiger charge is -2.40. The maximum Gasteiger partial charge on any atom is 0.147 e. The summed E-state index contributed by atoms with van der Waals surface area (Å²) < 4.78 is 0. The first kappa shape index (κ1) is 11.9. The summed E-state index contributed by atoms with van der Waals surface area (Å²) in [6.45, 7) is 6.71. The summed E-state index contributed by atoms with van der Waals surface area (Å²) in [5, 5.41) is 0. The highest BCUT2D eigenvalue weighted by Gasteiger charge is 2.39. The monoisotopic (exact) mass is 245 g/mol. The molecule has 1 atom stereocenters. The molecule has 0 amide bonds. The van der Waals surface area contributed by atoms with Gasteiger partial charge in [0.25, 0.3) is 0 Å². The van der Waals surface area contributed by atoms with Crippen LogP contribution in [0.15, 0.2) is 12.4 Å². The fourth-order valence-corrected chi connectivity index (χ4v) is 3.71. The maximum absolute atomic E-state index is 4.50. The van der Waals surface area contributed by atoms with E-state index in [9.17, 15) is 0 Å². The Labute approximate surface area is 110 Å². The van der Waals surface area contributed by atoms with Gasteiger partial charge in [0, 0.05) is 13.1 Å². The number of anilines is 1. The minimum atomic E-state index is 0.661. The standard InChI is InChI=1S/C15H23N3/c1-12-3-4-15(9-12)5-7-18(8-6-15)14-11-16-13(2)10-17-14/h10-12H,3-9H2,1-2H3/t12-/m1/s1. The molecule has 1 saturated carbocycles. The predicted molar refractivity (Wildman–Crippen MR) is 73.7 cm³/mol. The number of piperidine rings is 1. The van der Waals surface area contributed by atoms with E-state index in [1.54, 1.807) is 0 Å². The molecule has 1 aliphatic heterocycles. The Morgan fingerprint density at radius 1 is 1.17 bits per heavy atom. The molecule has 1 aromatic heterocycles. The zero-order valence-electron chi connectivity index (χ0n) is 11.5. The van der Waals surface area contributed by atoms with E-state index < -0.39 is 0 Å². The molecule has 1 aromatic rings. The van der Waals surface area contributed by atoms with E-state index in [0.717, 1.165) is 30.5 Å². The van der Waals surface area contributed by atoms with Crippen LogP contribution in [0.4, 0.5) is 5.82 Å². The van der Waals surface area contributed by atoms with Crippen LogP contribution in [-0.4, -0.2) is 23.1 Å². The van der Waals surface area contributed by atoms with Crippen molar-refractivity contribution >= 4 is 5.82 Å². The molecule has 0 aromatic carbocycles. The topological polar surface area (TPSA) is 29.0 Å². The first-order valence-corrected chi connectivity index (χ1v) is 7.21. The van der Waals surface area contributed by atoms with Crippen molar-refractivity contribution in [3.8, 4) is 0 Å². The summed E-state index contributed by atoms with van der Waals surface area (Å²) in [5.41, 5.74) is 1.66. The van der Waals surface area contributed by atoms with Crippen LogP contribution in [0.2, 0.25) is 0 Å². The van der Waals surface area contributed by atoms with Crippen molar-refractivity contribution < 1.29 is 0 Å². The van der Waals surface area contributed by atoms with Crippen LogP contribution >= 0.6 is 0 Å². The average Bonchev–Trinajstić information content (AvgIpc) is 2.73. The first-order valence-electron chi connectivity index (χ1n) is 7.21. The molecule has 0 bridgehead atoms. The minimum Gasteiger partial charge on any atom is -0.355 e. The molecule has 0 N–H and O–H groups in total. The SMILES string of the molecule is Cc1cnc(N2CCC3(CC[C@@H](C)C3)CC2)cn1. The van der Waals surface area contributed by atoms with Gasteiger partial charge in [0.1, 0.15) is 5.82 Å². The molecule has 3 rings (SSSR count). The Bertz CT molecular complexity index is 404.